The fraction of sp³-hybridized carbons (Fsp3) is 0.111. The molecule has 0 radical (unpaired) electrons. The highest BCUT2D eigenvalue weighted by molar-refractivity contribution is 6.02. The van der Waals surface area contributed by atoms with E-state index >= 15 is 0 Å². The van der Waals surface area contributed by atoms with E-state index in [9.17, 15) is 9.59 Å². The molecule has 0 fully saturated rings. The maximum absolute atomic E-state index is 12.0. The number of hydrogen-bond acceptors (Lipinski definition) is 2. The Bertz CT molecular complexity index is 665. The van der Waals surface area contributed by atoms with Crippen LogP contribution in [0.3, 0.4) is 0 Å². The summed E-state index contributed by atoms with van der Waals surface area (Å²) in [5, 5.41) is 2.89. The van der Waals surface area contributed by atoms with Gasteiger partial charge in [0.05, 0.1) is 0 Å². The van der Waals surface area contributed by atoms with E-state index in [-0.39, 0.29) is 5.91 Å². The number of para-hydroxylation sites is 1. The molecule has 2 rings (SSSR count). The average molecular weight is 279 g/mol. The van der Waals surface area contributed by atoms with E-state index in [1.165, 1.54) is 6.08 Å². The standard InChI is InChI=1S/C18H17NO2/c1-13-4-3-5-14(2)18(13)19-17(21)11-10-15-6-8-16(12-20)9-7-15/h3-12H,1-2H3,(H,19,21)/b11-10+. The number of anilines is 1. The topological polar surface area (TPSA) is 46.2 Å². The molecule has 0 aliphatic heterocycles. The minimum absolute atomic E-state index is 0.174. The Morgan fingerprint density at radius 1 is 0.952 bits per heavy atom. The van der Waals surface area contributed by atoms with Crippen molar-refractivity contribution in [1.29, 1.82) is 0 Å². The molecule has 0 bridgehead atoms. The first kappa shape index (κ1) is 14.7. The van der Waals surface area contributed by atoms with Crippen LogP contribution < -0.4 is 5.32 Å². The van der Waals surface area contributed by atoms with Gasteiger partial charge in [0.15, 0.2) is 0 Å². The van der Waals surface area contributed by atoms with E-state index in [1.807, 2.05) is 32.0 Å². The Morgan fingerprint density at radius 2 is 1.52 bits per heavy atom. The third-order valence-corrected chi connectivity index (χ3v) is 3.23. The first-order valence-corrected chi connectivity index (χ1v) is 6.70. The maximum atomic E-state index is 12.0. The number of amides is 1. The van der Waals surface area contributed by atoms with Crippen molar-refractivity contribution in [2.24, 2.45) is 0 Å². The summed E-state index contributed by atoms with van der Waals surface area (Å²) in [4.78, 5) is 22.5. The van der Waals surface area contributed by atoms with Gasteiger partial charge in [-0.2, -0.15) is 0 Å². The molecular weight excluding hydrogens is 262 g/mol. The number of rotatable bonds is 4. The molecule has 0 saturated carbocycles. The van der Waals surface area contributed by atoms with Gasteiger partial charge >= 0.3 is 0 Å². The minimum atomic E-state index is -0.174. The van der Waals surface area contributed by atoms with Gasteiger partial charge in [0.1, 0.15) is 6.29 Å². The largest absolute Gasteiger partial charge is 0.322 e. The molecule has 0 aliphatic rings. The zero-order valence-corrected chi connectivity index (χ0v) is 12.1. The number of aldehydes is 1. The minimum Gasteiger partial charge on any atom is -0.322 e. The van der Waals surface area contributed by atoms with Gasteiger partial charge in [-0.05, 0) is 36.6 Å². The number of carbonyl (C=O) groups is 2. The number of hydrogen-bond donors (Lipinski definition) is 1. The Morgan fingerprint density at radius 3 is 2.10 bits per heavy atom. The van der Waals surface area contributed by atoms with Gasteiger partial charge in [0, 0.05) is 17.3 Å². The van der Waals surface area contributed by atoms with E-state index in [0.717, 1.165) is 28.7 Å². The molecular formula is C18H17NO2. The van der Waals surface area contributed by atoms with Crippen LogP contribution in [0.2, 0.25) is 0 Å². The Labute approximate surface area is 124 Å². The first-order chi connectivity index (χ1) is 10.1. The summed E-state index contributed by atoms with van der Waals surface area (Å²) in [5.74, 6) is -0.174. The van der Waals surface area contributed by atoms with E-state index in [1.54, 1.807) is 30.3 Å². The van der Waals surface area contributed by atoms with Crippen LogP contribution >= 0.6 is 0 Å². The Balaban J connectivity index is 2.07. The number of nitrogens with one attached hydrogen (secondary N) is 1. The van der Waals surface area contributed by atoms with Crippen molar-refractivity contribution in [2.75, 3.05) is 5.32 Å². The lowest BCUT2D eigenvalue weighted by Gasteiger charge is -2.09. The summed E-state index contributed by atoms with van der Waals surface area (Å²) in [7, 11) is 0. The molecule has 1 amide bonds. The first-order valence-electron chi connectivity index (χ1n) is 6.70. The molecule has 21 heavy (non-hydrogen) atoms. The summed E-state index contributed by atoms with van der Waals surface area (Å²) in [6.07, 6.45) is 4.00. The van der Waals surface area contributed by atoms with Crippen molar-refractivity contribution in [1.82, 2.24) is 0 Å². The highest BCUT2D eigenvalue weighted by Gasteiger charge is 2.04. The van der Waals surface area contributed by atoms with Gasteiger partial charge in [-0.25, -0.2) is 0 Å². The molecule has 0 aromatic heterocycles. The van der Waals surface area contributed by atoms with Crippen LogP contribution in [0.15, 0.2) is 48.5 Å². The molecule has 0 spiro atoms. The van der Waals surface area contributed by atoms with Crippen molar-refractivity contribution in [3.8, 4) is 0 Å². The summed E-state index contributed by atoms with van der Waals surface area (Å²) in [6, 6.07) is 12.9. The molecule has 3 nitrogen and oxygen atoms in total. The average Bonchev–Trinajstić information content (AvgIpc) is 2.49. The molecule has 0 unspecified atom stereocenters. The van der Waals surface area contributed by atoms with Crippen LogP contribution in [-0.4, -0.2) is 12.2 Å². The SMILES string of the molecule is Cc1cccc(C)c1NC(=O)/C=C/c1ccc(C=O)cc1. The highest BCUT2D eigenvalue weighted by Crippen LogP contribution is 2.19. The molecule has 0 saturated heterocycles. The third-order valence-electron chi connectivity index (χ3n) is 3.23. The normalized spacial score (nSPS) is 10.6. The van der Waals surface area contributed by atoms with Gasteiger partial charge in [-0.15, -0.1) is 0 Å². The molecule has 0 heterocycles. The van der Waals surface area contributed by atoms with E-state index < -0.39 is 0 Å². The lowest BCUT2D eigenvalue weighted by atomic mass is 10.1. The monoisotopic (exact) mass is 279 g/mol. The highest BCUT2D eigenvalue weighted by atomic mass is 16.1. The predicted molar refractivity (Wildman–Crippen MR) is 85.4 cm³/mol. The van der Waals surface area contributed by atoms with E-state index in [0.29, 0.717) is 5.56 Å². The second kappa shape index (κ2) is 6.66. The Kier molecular flexibility index (Phi) is 4.67. The lowest BCUT2D eigenvalue weighted by molar-refractivity contribution is -0.111. The fourth-order valence-corrected chi connectivity index (χ4v) is 2.03. The summed E-state index contributed by atoms with van der Waals surface area (Å²) in [5.41, 5.74) is 4.41. The van der Waals surface area contributed by atoms with Gasteiger partial charge < -0.3 is 5.32 Å². The molecule has 0 aliphatic carbocycles. The van der Waals surface area contributed by atoms with Gasteiger partial charge in [-0.3, -0.25) is 9.59 Å². The van der Waals surface area contributed by atoms with Crippen molar-refractivity contribution in [2.45, 2.75) is 13.8 Å². The summed E-state index contributed by atoms with van der Waals surface area (Å²) >= 11 is 0. The van der Waals surface area contributed by atoms with Crippen LogP contribution in [0.5, 0.6) is 0 Å². The molecule has 2 aromatic rings. The van der Waals surface area contributed by atoms with Gasteiger partial charge in [0.2, 0.25) is 5.91 Å². The summed E-state index contributed by atoms with van der Waals surface area (Å²) in [6.45, 7) is 3.93. The van der Waals surface area contributed by atoms with Crippen molar-refractivity contribution in [3.05, 3.63) is 70.8 Å². The molecule has 106 valence electrons. The zero-order chi connectivity index (χ0) is 15.2. The second-order valence-electron chi connectivity index (χ2n) is 4.87. The summed E-state index contributed by atoms with van der Waals surface area (Å²) < 4.78 is 0. The Hall–Kier alpha value is -2.68. The van der Waals surface area contributed by atoms with Crippen molar-refractivity contribution < 1.29 is 9.59 Å². The fourth-order valence-electron chi connectivity index (χ4n) is 2.03. The third kappa shape index (κ3) is 3.89. The predicted octanol–water partition coefficient (Wildman–Crippen LogP) is 3.77. The number of aryl methyl sites for hydroxylation is 2. The van der Waals surface area contributed by atoms with Crippen LogP contribution in [0.25, 0.3) is 6.08 Å². The van der Waals surface area contributed by atoms with E-state index in [4.69, 9.17) is 0 Å². The molecule has 1 N–H and O–H groups in total. The van der Waals surface area contributed by atoms with Crippen molar-refractivity contribution in [3.63, 3.8) is 0 Å². The lowest BCUT2D eigenvalue weighted by Crippen LogP contribution is -2.10. The molecule has 0 atom stereocenters. The maximum Gasteiger partial charge on any atom is 0.248 e. The van der Waals surface area contributed by atoms with Crippen molar-refractivity contribution >= 4 is 24.0 Å². The van der Waals surface area contributed by atoms with Crippen LogP contribution in [0.1, 0.15) is 27.0 Å². The van der Waals surface area contributed by atoms with Gasteiger partial charge in [-0.1, -0.05) is 42.5 Å². The quantitative estimate of drug-likeness (QED) is 0.684. The van der Waals surface area contributed by atoms with E-state index in [2.05, 4.69) is 5.32 Å². The zero-order valence-electron chi connectivity index (χ0n) is 12.1. The second-order valence-corrected chi connectivity index (χ2v) is 4.87. The van der Waals surface area contributed by atoms with Crippen LogP contribution in [-0.2, 0) is 4.79 Å². The van der Waals surface area contributed by atoms with Crippen LogP contribution in [0, 0.1) is 13.8 Å². The van der Waals surface area contributed by atoms with Gasteiger partial charge in [0.25, 0.3) is 0 Å². The van der Waals surface area contributed by atoms with Crippen LogP contribution in [0.4, 0.5) is 5.69 Å². The number of carbonyl (C=O) groups excluding carboxylic acids is 2. The smallest absolute Gasteiger partial charge is 0.248 e. The number of benzene rings is 2. The molecule has 2 aromatic carbocycles. The molecule has 3 heteroatoms.